The molecule has 1 aliphatic carbocycles. The van der Waals surface area contributed by atoms with E-state index in [0.29, 0.717) is 41.2 Å². The molecule has 1 saturated carbocycles. The van der Waals surface area contributed by atoms with Gasteiger partial charge < -0.3 is 19.2 Å². The van der Waals surface area contributed by atoms with Crippen molar-refractivity contribution in [2.24, 2.45) is 13.0 Å². The van der Waals surface area contributed by atoms with E-state index in [4.69, 9.17) is 9.72 Å². The van der Waals surface area contributed by atoms with Crippen molar-refractivity contribution in [2.45, 2.75) is 19.4 Å². The van der Waals surface area contributed by atoms with Gasteiger partial charge in [-0.05, 0) is 49.1 Å². The molecule has 2 aromatic heterocycles. The monoisotopic (exact) mass is 404 g/mol. The van der Waals surface area contributed by atoms with E-state index in [2.05, 4.69) is 22.0 Å². The van der Waals surface area contributed by atoms with Crippen molar-refractivity contribution >= 4 is 33.9 Å². The Morgan fingerprint density at radius 1 is 1.27 bits per heavy atom. The first-order valence-electron chi connectivity index (χ1n) is 10.3. The van der Waals surface area contributed by atoms with E-state index in [1.807, 2.05) is 13.1 Å². The second-order valence-electron chi connectivity index (χ2n) is 8.22. The molecule has 0 spiro atoms. The number of nitrogens with one attached hydrogen (secondary N) is 1. The number of carbonyl (C=O) groups is 1. The van der Waals surface area contributed by atoms with Crippen molar-refractivity contribution in [1.29, 1.82) is 0 Å². The fourth-order valence-electron chi connectivity index (χ4n) is 4.52. The van der Waals surface area contributed by atoms with Gasteiger partial charge in [0.25, 0.3) is 0 Å². The van der Waals surface area contributed by atoms with Gasteiger partial charge in [-0.1, -0.05) is 0 Å². The predicted octanol–water partition coefficient (Wildman–Crippen LogP) is 4.36. The first kappa shape index (κ1) is 17.5. The minimum Gasteiger partial charge on any atom is -0.490 e. The van der Waals surface area contributed by atoms with Crippen molar-refractivity contribution in [3.63, 3.8) is 0 Å². The number of hydrogen-bond donors (Lipinski definition) is 1. The molecule has 2 aromatic carbocycles. The van der Waals surface area contributed by atoms with Crippen LogP contribution >= 0.6 is 0 Å². The van der Waals surface area contributed by atoms with E-state index in [-0.39, 0.29) is 0 Å². The van der Waals surface area contributed by atoms with Crippen LogP contribution in [0.1, 0.15) is 23.2 Å². The van der Waals surface area contributed by atoms with Crippen molar-refractivity contribution in [3.8, 4) is 17.3 Å². The highest BCUT2D eigenvalue weighted by Gasteiger charge is 2.28. The van der Waals surface area contributed by atoms with Crippen LogP contribution in [0, 0.1) is 11.7 Å². The molecule has 0 unspecified atom stereocenters. The van der Waals surface area contributed by atoms with Gasteiger partial charge in [0.2, 0.25) is 0 Å². The van der Waals surface area contributed by atoms with Crippen LogP contribution in [0.25, 0.3) is 33.5 Å². The lowest BCUT2D eigenvalue weighted by atomic mass is 10.2. The number of ether oxygens (including phenoxy) is 1. The van der Waals surface area contributed by atoms with Crippen molar-refractivity contribution in [3.05, 3.63) is 41.7 Å². The van der Waals surface area contributed by atoms with Crippen molar-refractivity contribution in [2.75, 3.05) is 18.5 Å². The summed E-state index contributed by atoms with van der Waals surface area (Å²) in [5.74, 6) is 1.76. The number of rotatable bonds is 4. The number of aryl methyl sites for hydroxylation is 1. The number of nitrogens with zero attached hydrogens (tertiary/aromatic N) is 3. The van der Waals surface area contributed by atoms with E-state index in [0.717, 1.165) is 41.1 Å². The third kappa shape index (κ3) is 2.54. The molecule has 152 valence electrons. The third-order valence-electron chi connectivity index (χ3n) is 6.13. The van der Waals surface area contributed by atoms with Gasteiger partial charge >= 0.3 is 0 Å². The van der Waals surface area contributed by atoms with Crippen LogP contribution in [0.5, 0.6) is 5.75 Å². The number of carbonyl (C=O) groups excluding carboxylic acids is 1. The van der Waals surface area contributed by atoms with Crippen molar-refractivity contribution in [1.82, 2.24) is 14.1 Å². The molecule has 0 radical (unpaired) electrons. The van der Waals surface area contributed by atoms with Crippen LogP contribution < -0.4 is 10.1 Å². The summed E-state index contributed by atoms with van der Waals surface area (Å²) in [6.45, 7) is 2.31. The fourth-order valence-corrected chi connectivity index (χ4v) is 4.52. The van der Waals surface area contributed by atoms with Gasteiger partial charge in [0.05, 0.1) is 16.7 Å². The van der Waals surface area contributed by atoms with Gasteiger partial charge in [-0.2, -0.15) is 0 Å². The normalized spacial score (nSPS) is 15.8. The van der Waals surface area contributed by atoms with Crippen LogP contribution in [-0.2, 0) is 13.6 Å². The number of aromatic nitrogens is 3. The van der Waals surface area contributed by atoms with Crippen LogP contribution in [0.4, 0.5) is 10.1 Å². The average molecular weight is 404 g/mol. The molecule has 4 aromatic rings. The summed E-state index contributed by atoms with van der Waals surface area (Å²) in [6, 6.07) is 9.09. The Hall–Kier alpha value is -3.35. The van der Waals surface area contributed by atoms with Gasteiger partial charge in [0, 0.05) is 31.1 Å². The molecule has 6 rings (SSSR count). The zero-order chi connectivity index (χ0) is 20.4. The number of aldehydes is 1. The number of fused-ring (bicyclic) bond motifs is 4. The summed E-state index contributed by atoms with van der Waals surface area (Å²) in [5.41, 5.74) is 4.25. The molecule has 1 fully saturated rings. The Morgan fingerprint density at radius 2 is 2.13 bits per heavy atom. The second kappa shape index (κ2) is 6.32. The Kier molecular flexibility index (Phi) is 3.69. The lowest BCUT2D eigenvalue weighted by molar-refractivity contribution is 0.112. The Bertz CT molecular complexity index is 1330. The average Bonchev–Trinajstić information content (AvgIpc) is 3.41. The standard InChI is InChI=1S/C23H21FN4O2/c1-27-22-16(24)8-14(12-29)9-17(22)26-23(27)18-10-15-4-5-19-20(25-6-7-30-19)21(15)28(18)11-13-2-3-13/h4-5,8-10,12-13,25H,2-3,6-7,11H2,1H3. The van der Waals surface area contributed by atoms with Gasteiger partial charge in [0.1, 0.15) is 35.7 Å². The third-order valence-corrected chi connectivity index (χ3v) is 6.13. The van der Waals surface area contributed by atoms with Crippen molar-refractivity contribution < 1.29 is 13.9 Å². The molecule has 0 saturated heterocycles. The summed E-state index contributed by atoms with van der Waals surface area (Å²) in [7, 11) is 1.82. The van der Waals surface area contributed by atoms with Gasteiger partial charge in [-0.3, -0.25) is 4.79 Å². The fraction of sp³-hybridized carbons (Fsp3) is 0.304. The summed E-state index contributed by atoms with van der Waals surface area (Å²) in [6.07, 6.45) is 3.09. The highest BCUT2D eigenvalue weighted by atomic mass is 19.1. The molecular formula is C23H21FN4O2. The van der Waals surface area contributed by atoms with E-state index in [9.17, 15) is 9.18 Å². The smallest absolute Gasteiger partial charge is 0.157 e. The SMILES string of the molecule is Cn1c(-c2cc3ccc4c(c3n2CC2CC2)NCCO4)nc2cc(C=O)cc(F)c21. The molecule has 3 heterocycles. The Balaban J connectivity index is 1.63. The molecule has 1 aliphatic heterocycles. The van der Waals surface area contributed by atoms with Gasteiger partial charge in [-0.25, -0.2) is 9.37 Å². The summed E-state index contributed by atoms with van der Waals surface area (Å²) in [4.78, 5) is 15.9. The van der Waals surface area contributed by atoms with E-state index < -0.39 is 5.82 Å². The maximum atomic E-state index is 14.7. The summed E-state index contributed by atoms with van der Waals surface area (Å²) >= 11 is 0. The molecule has 0 bridgehead atoms. The topological polar surface area (TPSA) is 61.1 Å². The summed E-state index contributed by atoms with van der Waals surface area (Å²) < 4.78 is 24.7. The number of hydrogen-bond acceptors (Lipinski definition) is 4. The minimum absolute atomic E-state index is 0.290. The summed E-state index contributed by atoms with van der Waals surface area (Å²) in [5, 5.41) is 4.60. The molecular weight excluding hydrogens is 383 g/mol. The molecule has 30 heavy (non-hydrogen) atoms. The minimum atomic E-state index is -0.437. The molecule has 1 N–H and O–H groups in total. The van der Waals surface area contributed by atoms with E-state index >= 15 is 0 Å². The molecule has 7 heteroatoms. The maximum absolute atomic E-state index is 14.7. The number of imidazole rings is 1. The highest BCUT2D eigenvalue weighted by Crippen LogP contribution is 2.42. The van der Waals surface area contributed by atoms with E-state index in [1.54, 1.807) is 10.6 Å². The second-order valence-corrected chi connectivity index (χ2v) is 8.22. The van der Waals surface area contributed by atoms with Crippen LogP contribution in [0.15, 0.2) is 30.3 Å². The lowest BCUT2D eigenvalue weighted by Crippen LogP contribution is -2.19. The highest BCUT2D eigenvalue weighted by molar-refractivity contribution is 5.99. The molecule has 0 amide bonds. The Morgan fingerprint density at radius 3 is 2.93 bits per heavy atom. The maximum Gasteiger partial charge on any atom is 0.157 e. The molecule has 6 nitrogen and oxygen atoms in total. The van der Waals surface area contributed by atoms with Gasteiger partial charge in [0.15, 0.2) is 5.82 Å². The number of halogens is 1. The number of anilines is 1. The quantitative estimate of drug-likeness (QED) is 0.514. The first-order chi connectivity index (χ1) is 14.6. The van der Waals surface area contributed by atoms with Gasteiger partial charge in [-0.15, -0.1) is 0 Å². The van der Waals surface area contributed by atoms with Crippen LogP contribution in [-0.4, -0.2) is 33.6 Å². The first-order valence-corrected chi connectivity index (χ1v) is 10.3. The predicted molar refractivity (Wildman–Crippen MR) is 114 cm³/mol. The van der Waals surface area contributed by atoms with Crippen LogP contribution in [0.3, 0.4) is 0 Å². The zero-order valence-electron chi connectivity index (χ0n) is 16.6. The van der Waals surface area contributed by atoms with Crippen LogP contribution in [0.2, 0.25) is 0 Å². The largest absolute Gasteiger partial charge is 0.490 e. The molecule has 2 aliphatic rings. The lowest BCUT2D eigenvalue weighted by Gasteiger charge is -2.21. The zero-order valence-corrected chi connectivity index (χ0v) is 16.6. The van der Waals surface area contributed by atoms with E-state index in [1.165, 1.54) is 18.9 Å². The number of benzene rings is 2. The molecule has 0 atom stereocenters. The Labute approximate surface area is 172 Å².